The van der Waals surface area contributed by atoms with E-state index in [2.05, 4.69) is 32.5 Å². The third kappa shape index (κ3) is 8.07. The van der Waals surface area contributed by atoms with Gasteiger partial charge in [-0.2, -0.15) is 0 Å². The van der Waals surface area contributed by atoms with Crippen LogP contribution in [-0.2, 0) is 0 Å². The van der Waals surface area contributed by atoms with Crippen LogP contribution in [0.25, 0.3) is 0 Å². The van der Waals surface area contributed by atoms with Gasteiger partial charge in [-0.1, -0.05) is 69.9 Å². The minimum atomic E-state index is -1.83. The maximum Gasteiger partial charge on any atom is 0.299 e. The van der Waals surface area contributed by atoms with E-state index in [4.69, 9.17) is 0 Å². The van der Waals surface area contributed by atoms with Crippen molar-refractivity contribution < 1.29 is 0 Å². The molecule has 4 N–H and O–H groups in total. The summed E-state index contributed by atoms with van der Waals surface area (Å²) in [5.41, 5.74) is 0. The number of hydrogen-bond acceptors (Lipinski definition) is 4. The fraction of sp³-hybridized carbons (Fsp3) is 0.923. The fourth-order valence-corrected chi connectivity index (χ4v) is 9.97. The lowest BCUT2D eigenvalue weighted by molar-refractivity contribution is 0.375. The van der Waals surface area contributed by atoms with E-state index in [0.29, 0.717) is 24.2 Å². The molecule has 0 aromatic rings. The zero-order chi connectivity index (χ0) is 21.2. The molecule has 3 fully saturated rings. The Morgan fingerprint density at radius 1 is 0.387 bits per heavy atom. The standard InChI is InChI=1S/C26H50N4P/c1-2-7-15-23(16-8-3-1)27-31(28-24-17-9-4-10-18-24,29-25-19-11-5-12-20-25)30-26-21-13-6-14-22-26/h1-2,23-30H,3-22H2/q+1. The first kappa shape index (κ1) is 24.1. The smallest absolute Gasteiger partial charge is 0.143 e. The highest BCUT2D eigenvalue weighted by Crippen LogP contribution is 2.48. The summed E-state index contributed by atoms with van der Waals surface area (Å²) >= 11 is 0. The van der Waals surface area contributed by atoms with Crippen molar-refractivity contribution in [1.82, 2.24) is 20.3 Å². The van der Waals surface area contributed by atoms with Gasteiger partial charge >= 0.3 is 0 Å². The lowest BCUT2D eigenvalue weighted by atomic mass is 9.96. The molecule has 0 aromatic heterocycles. The van der Waals surface area contributed by atoms with Gasteiger partial charge < -0.3 is 0 Å². The summed E-state index contributed by atoms with van der Waals surface area (Å²) in [7, 11) is -1.83. The average Bonchev–Trinajstić information content (AvgIpc) is 2.78. The Morgan fingerprint density at radius 3 is 1.19 bits per heavy atom. The Kier molecular flexibility index (Phi) is 10.2. The second kappa shape index (κ2) is 13.0. The molecule has 0 aromatic carbocycles. The first-order chi connectivity index (χ1) is 15.3. The molecule has 178 valence electrons. The third-order valence-corrected chi connectivity index (χ3v) is 11.1. The van der Waals surface area contributed by atoms with Crippen molar-refractivity contribution in [1.29, 1.82) is 0 Å². The van der Waals surface area contributed by atoms with E-state index < -0.39 is 7.87 Å². The molecule has 4 nitrogen and oxygen atoms in total. The van der Waals surface area contributed by atoms with Crippen molar-refractivity contribution in [2.45, 2.75) is 153 Å². The number of hydrogen-bond donors (Lipinski definition) is 4. The van der Waals surface area contributed by atoms with Gasteiger partial charge in [0, 0.05) is 24.2 Å². The molecule has 0 saturated heterocycles. The topological polar surface area (TPSA) is 48.1 Å². The molecule has 4 rings (SSSR count). The van der Waals surface area contributed by atoms with Crippen LogP contribution in [0.1, 0.15) is 128 Å². The third-order valence-electron chi connectivity index (χ3n) is 8.09. The Labute approximate surface area is 193 Å². The van der Waals surface area contributed by atoms with E-state index in [9.17, 15) is 0 Å². The second-order valence-electron chi connectivity index (χ2n) is 10.9. The summed E-state index contributed by atoms with van der Waals surface area (Å²) in [5, 5.41) is 17.2. The number of nitrogens with one attached hydrogen (secondary N) is 4. The van der Waals surface area contributed by atoms with Crippen LogP contribution in [-0.4, -0.2) is 24.2 Å². The maximum absolute atomic E-state index is 4.32. The lowest BCUT2D eigenvalue weighted by Gasteiger charge is -2.40. The van der Waals surface area contributed by atoms with Gasteiger partial charge in [-0.3, -0.25) is 0 Å². The Balaban J connectivity index is 1.53. The van der Waals surface area contributed by atoms with E-state index in [1.54, 1.807) is 0 Å². The van der Waals surface area contributed by atoms with Crippen molar-refractivity contribution in [3.05, 3.63) is 12.2 Å². The lowest BCUT2D eigenvalue weighted by Crippen LogP contribution is -2.56. The van der Waals surface area contributed by atoms with E-state index in [1.807, 2.05) is 0 Å². The van der Waals surface area contributed by atoms with Crippen molar-refractivity contribution in [3.63, 3.8) is 0 Å². The van der Waals surface area contributed by atoms with E-state index in [-0.39, 0.29) is 0 Å². The van der Waals surface area contributed by atoms with Gasteiger partial charge in [0.05, 0.1) is 0 Å². The quantitative estimate of drug-likeness (QED) is 0.240. The Hall–Kier alpha value is 0.0100. The summed E-state index contributed by atoms with van der Waals surface area (Å²) in [6, 6.07) is 2.65. The van der Waals surface area contributed by atoms with Gasteiger partial charge in [-0.05, 0) is 70.6 Å². The van der Waals surface area contributed by atoms with Crippen LogP contribution in [0.5, 0.6) is 0 Å². The molecule has 4 aliphatic carbocycles. The maximum atomic E-state index is 4.32. The van der Waals surface area contributed by atoms with Crippen molar-refractivity contribution in [2.24, 2.45) is 0 Å². The van der Waals surface area contributed by atoms with Crippen LogP contribution in [0.15, 0.2) is 12.2 Å². The first-order valence-corrected chi connectivity index (χ1v) is 15.8. The van der Waals surface area contributed by atoms with E-state index in [1.165, 1.54) is 128 Å². The molecule has 0 heterocycles. The molecule has 1 atom stereocenters. The highest BCUT2D eigenvalue weighted by atomic mass is 31.2. The molecular formula is C26H50N4P+. The minimum absolute atomic E-state index is 0.626. The summed E-state index contributed by atoms with van der Waals surface area (Å²) in [4.78, 5) is 0. The largest absolute Gasteiger partial charge is 0.299 e. The minimum Gasteiger partial charge on any atom is -0.143 e. The molecule has 3 saturated carbocycles. The molecule has 4 aliphatic rings. The van der Waals surface area contributed by atoms with Crippen molar-refractivity contribution >= 4 is 7.87 Å². The summed E-state index contributed by atoms with van der Waals surface area (Å²) in [6.45, 7) is 0. The molecule has 0 aliphatic heterocycles. The summed E-state index contributed by atoms with van der Waals surface area (Å²) < 4.78 is 0. The van der Waals surface area contributed by atoms with Crippen LogP contribution < -0.4 is 20.3 Å². The molecule has 0 amide bonds. The van der Waals surface area contributed by atoms with E-state index >= 15 is 0 Å². The Morgan fingerprint density at radius 2 is 0.742 bits per heavy atom. The van der Waals surface area contributed by atoms with Crippen LogP contribution in [0, 0.1) is 0 Å². The fourth-order valence-electron chi connectivity index (χ4n) is 6.30. The van der Waals surface area contributed by atoms with Gasteiger partial charge in [0.15, 0.2) is 0 Å². The predicted octanol–water partition coefficient (Wildman–Crippen LogP) is 6.91. The molecule has 0 bridgehead atoms. The van der Waals surface area contributed by atoms with Crippen molar-refractivity contribution in [2.75, 3.05) is 0 Å². The molecular weight excluding hydrogens is 399 g/mol. The first-order valence-electron chi connectivity index (χ1n) is 14.0. The molecule has 1 unspecified atom stereocenters. The molecule has 31 heavy (non-hydrogen) atoms. The zero-order valence-corrected chi connectivity index (χ0v) is 20.9. The SMILES string of the molecule is C1=CCCC(N[P+](NC2CCCCC2)(NC2CCCCC2)NC2CCCCC2)CCC1. The Bertz CT molecular complexity index is 471. The van der Waals surface area contributed by atoms with Crippen LogP contribution in [0.3, 0.4) is 0 Å². The highest BCUT2D eigenvalue weighted by Gasteiger charge is 2.47. The van der Waals surface area contributed by atoms with Gasteiger partial charge in [0.25, 0.3) is 7.87 Å². The number of rotatable bonds is 8. The molecule has 0 radical (unpaired) electrons. The average molecular weight is 450 g/mol. The molecule has 0 spiro atoms. The predicted molar refractivity (Wildman–Crippen MR) is 136 cm³/mol. The van der Waals surface area contributed by atoms with Crippen LogP contribution in [0.2, 0.25) is 0 Å². The van der Waals surface area contributed by atoms with Gasteiger partial charge in [-0.25, -0.2) is 0 Å². The van der Waals surface area contributed by atoms with Crippen molar-refractivity contribution in [3.8, 4) is 0 Å². The molecule has 5 heteroatoms. The van der Waals surface area contributed by atoms with Gasteiger partial charge in [-0.15, -0.1) is 20.3 Å². The van der Waals surface area contributed by atoms with Crippen LogP contribution in [0.4, 0.5) is 0 Å². The highest BCUT2D eigenvalue weighted by molar-refractivity contribution is 7.68. The normalized spacial score (nSPS) is 28.3. The van der Waals surface area contributed by atoms with Gasteiger partial charge in [0.2, 0.25) is 0 Å². The zero-order valence-electron chi connectivity index (χ0n) is 20.1. The summed E-state index contributed by atoms with van der Waals surface area (Å²) in [5.74, 6) is 0. The van der Waals surface area contributed by atoms with Crippen LogP contribution >= 0.6 is 7.87 Å². The van der Waals surface area contributed by atoms with Gasteiger partial charge in [0.1, 0.15) is 0 Å². The monoisotopic (exact) mass is 449 g/mol. The number of allylic oxidation sites excluding steroid dienone is 2. The summed E-state index contributed by atoms with van der Waals surface area (Å²) in [6.07, 6.45) is 32.1. The second-order valence-corrected chi connectivity index (χ2v) is 13.2. The van der Waals surface area contributed by atoms with E-state index in [0.717, 1.165) is 0 Å².